The maximum atomic E-state index is 5.87. The molecule has 4 aromatic rings. The van der Waals surface area contributed by atoms with Gasteiger partial charge in [-0.1, -0.05) is 72.8 Å². The molecular formula is C27H28N2O2. The van der Waals surface area contributed by atoms with Crippen molar-refractivity contribution in [2.24, 2.45) is 0 Å². The van der Waals surface area contributed by atoms with E-state index in [0.29, 0.717) is 6.61 Å². The molecule has 4 heteroatoms. The highest BCUT2D eigenvalue weighted by Gasteiger charge is 2.14. The van der Waals surface area contributed by atoms with Gasteiger partial charge in [-0.2, -0.15) is 0 Å². The molecule has 31 heavy (non-hydrogen) atoms. The third kappa shape index (κ3) is 5.41. The van der Waals surface area contributed by atoms with Crippen LogP contribution in [0.2, 0.25) is 0 Å². The summed E-state index contributed by atoms with van der Waals surface area (Å²) in [5.41, 5.74) is 5.66. The number of methoxy groups -OCH3 is 1. The van der Waals surface area contributed by atoms with Gasteiger partial charge in [0.15, 0.2) is 0 Å². The van der Waals surface area contributed by atoms with E-state index in [1.54, 1.807) is 7.11 Å². The number of aromatic nitrogens is 2. The molecule has 0 saturated heterocycles. The van der Waals surface area contributed by atoms with Gasteiger partial charge in [0, 0.05) is 24.3 Å². The van der Waals surface area contributed by atoms with Crippen molar-refractivity contribution in [1.29, 1.82) is 0 Å². The van der Waals surface area contributed by atoms with Crippen LogP contribution in [0.5, 0.6) is 5.75 Å². The van der Waals surface area contributed by atoms with Crippen LogP contribution < -0.4 is 4.74 Å². The van der Waals surface area contributed by atoms with Crippen LogP contribution in [0, 0.1) is 0 Å². The zero-order valence-corrected chi connectivity index (χ0v) is 17.9. The lowest BCUT2D eigenvalue weighted by atomic mass is 10.0. The lowest BCUT2D eigenvalue weighted by molar-refractivity contribution is 0.116. The molecule has 3 aromatic carbocycles. The topological polar surface area (TPSA) is 36.3 Å². The van der Waals surface area contributed by atoms with Crippen LogP contribution in [0.1, 0.15) is 18.4 Å². The molecule has 0 radical (unpaired) electrons. The Morgan fingerprint density at radius 2 is 1.55 bits per heavy atom. The fraction of sp³-hybridized carbons (Fsp3) is 0.222. The lowest BCUT2D eigenvalue weighted by Gasteiger charge is -2.11. The molecule has 0 atom stereocenters. The molecule has 158 valence electrons. The average molecular weight is 413 g/mol. The number of benzene rings is 3. The van der Waals surface area contributed by atoms with Crippen molar-refractivity contribution in [3.8, 4) is 28.3 Å². The van der Waals surface area contributed by atoms with Gasteiger partial charge in [-0.25, -0.2) is 4.98 Å². The first-order valence-electron chi connectivity index (χ1n) is 10.7. The molecule has 0 aliphatic rings. The monoisotopic (exact) mass is 412 g/mol. The first-order valence-corrected chi connectivity index (χ1v) is 10.7. The molecule has 0 N–H and O–H groups in total. The minimum atomic E-state index is 0.607. The van der Waals surface area contributed by atoms with Crippen molar-refractivity contribution < 1.29 is 9.47 Å². The van der Waals surface area contributed by atoms with Gasteiger partial charge in [-0.05, 0) is 30.5 Å². The fourth-order valence-electron chi connectivity index (χ4n) is 3.70. The van der Waals surface area contributed by atoms with E-state index in [2.05, 4.69) is 59.2 Å². The Balaban J connectivity index is 1.37. The van der Waals surface area contributed by atoms with Crippen LogP contribution in [0.15, 0.2) is 91.3 Å². The van der Waals surface area contributed by atoms with Crippen LogP contribution in [-0.4, -0.2) is 23.3 Å². The Morgan fingerprint density at radius 1 is 0.806 bits per heavy atom. The molecule has 0 amide bonds. The number of nitrogens with zero attached hydrogens (tertiary/aromatic N) is 2. The van der Waals surface area contributed by atoms with Gasteiger partial charge in [0.25, 0.3) is 0 Å². The number of aryl methyl sites for hydroxylation is 1. The number of hydrogen-bond donors (Lipinski definition) is 0. The van der Waals surface area contributed by atoms with Crippen LogP contribution in [0.4, 0.5) is 0 Å². The van der Waals surface area contributed by atoms with Crippen LogP contribution in [0.25, 0.3) is 22.5 Å². The van der Waals surface area contributed by atoms with Crippen molar-refractivity contribution in [3.05, 3.63) is 96.8 Å². The quantitative estimate of drug-likeness (QED) is 0.290. The second-order valence-electron chi connectivity index (χ2n) is 7.48. The normalized spacial score (nSPS) is 10.9. The van der Waals surface area contributed by atoms with Gasteiger partial charge >= 0.3 is 0 Å². The smallest absolute Gasteiger partial charge is 0.119 e. The fourth-order valence-corrected chi connectivity index (χ4v) is 3.70. The first kappa shape index (κ1) is 20.9. The summed E-state index contributed by atoms with van der Waals surface area (Å²) in [5, 5.41) is 0. The zero-order chi connectivity index (χ0) is 21.3. The van der Waals surface area contributed by atoms with Gasteiger partial charge in [0.2, 0.25) is 0 Å². The van der Waals surface area contributed by atoms with E-state index in [1.165, 1.54) is 11.3 Å². The Morgan fingerprint density at radius 3 is 2.29 bits per heavy atom. The van der Waals surface area contributed by atoms with Gasteiger partial charge < -0.3 is 14.0 Å². The molecule has 4 rings (SSSR count). The summed E-state index contributed by atoms with van der Waals surface area (Å²) in [6.45, 7) is 2.25. The molecule has 0 bridgehead atoms. The van der Waals surface area contributed by atoms with Gasteiger partial charge in [0.1, 0.15) is 5.75 Å². The minimum Gasteiger partial charge on any atom is -0.497 e. The molecule has 0 unspecified atom stereocenters. The van der Waals surface area contributed by atoms with Crippen LogP contribution in [-0.2, 0) is 17.9 Å². The largest absolute Gasteiger partial charge is 0.497 e. The van der Waals surface area contributed by atoms with E-state index in [0.717, 1.165) is 48.6 Å². The van der Waals surface area contributed by atoms with E-state index in [4.69, 9.17) is 14.5 Å². The molecule has 0 aliphatic heterocycles. The molecule has 0 saturated carbocycles. The zero-order valence-electron chi connectivity index (χ0n) is 17.9. The van der Waals surface area contributed by atoms with Crippen molar-refractivity contribution >= 4 is 0 Å². The molecule has 0 fully saturated rings. The minimum absolute atomic E-state index is 0.607. The van der Waals surface area contributed by atoms with E-state index in [9.17, 15) is 0 Å². The van der Waals surface area contributed by atoms with E-state index >= 15 is 0 Å². The Kier molecular flexibility index (Phi) is 7.14. The highest BCUT2D eigenvalue weighted by atomic mass is 16.5. The Hall–Kier alpha value is -3.37. The summed E-state index contributed by atoms with van der Waals surface area (Å²) in [6.07, 6.45) is 3.99. The first-order chi connectivity index (χ1) is 15.3. The maximum Gasteiger partial charge on any atom is 0.119 e. The van der Waals surface area contributed by atoms with Gasteiger partial charge in [-0.3, -0.25) is 0 Å². The standard InChI is InChI=1S/C27H28N2O2/c1-30-25-16-10-11-22(19-25)20-31-18-9-8-17-29-21-28-26(23-12-4-2-5-13-23)27(29)24-14-6-3-7-15-24/h2-7,10-16,19,21H,8-9,17-18,20H2,1H3. The van der Waals surface area contributed by atoms with Crippen molar-refractivity contribution in [2.45, 2.75) is 26.0 Å². The molecular weight excluding hydrogens is 384 g/mol. The van der Waals surface area contributed by atoms with E-state index in [-0.39, 0.29) is 0 Å². The summed E-state index contributed by atoms with van der Waals surface area (Å²) in [4.78, 5) is 4.75. The number of rotatable bonds is 10. The number of ether oxygens (including phenoxy) is 2. The summed E-state index contributed by atoms with van der Waals surface area (Å²) in [6, 6.07) is 28.9. The van der Waals surface area contributed by atoms with Gasteiger partial charge in [-0.15, -0.1) is 0 Å². The third-order valence-corrected chi connectivity index (χ3v) is 5.27. The Bertz CT molecular complexity index is 1070. The van der Waals surface area contributed by atoms with Crippen LogP contribution in [0.3, 0.4) is 0 Å². The maximum absolute atomic E-state index is 5.87. The molecule has 1 aromatic heterocycles. The van der Waals surface area contributed by atoms with E-state index < -0.39 is 0 Å². The van der Waals surface area contributed by atoms with E-state index in [1.807, 2.05) is 36.7 Å². The SMILES string of the molecule is COc1cccc(COCCCCn2cnc(-c3ccccc3)c2-c2ccccc2)c1. The highest BCUT2D eigenvalue weighted by Crippen LogP contribution is 2.31. The second-order valence-corrected chi connectivity index (χ2v) is 7.48. The summed E-state index contributed by atoms with van der Waals surface area (Å²) in [5.74, 6) is 0.865. The molecule has 0 spiro atoms. The van der Waals surface area contributed by atoms with Crippen LogP contribution >= 0.6 is 0 Å². The second kappa shape index (κ2) is 10.6. The third-order valence-electron chi connectivity index (χ3n) is 5.27. The summed E-state index contributed by atoms with van der Waals surface area (Å²) < 4.78 is 13.4. The molecule has 0 aliphatic carbocycles. The molecule has 4 nitrogen and oxygen atoms in total. The predicted molar refractivity (Wildman–Crippen MR) is 125 cm³/mol. The predicted octanol–water partition coefficient (Wildman–Crippen LogP) is 6.22. The van der Waals surface area contributed by atoms with Crippen molar-refractivity contribution in [3.63, 3.8) is 0 Å². The highest BCUT2D eigenvalue weighted by molar-refractivity contribution is 5.78. The van der Waals surface area contributed by atoms with Crippen molar-refractivity contribution in [2.75, 3.05) is 13.7 Å². The summed E-state index contributed by atoms with van der Waals surface area (Å²) in [7, 11) is 1.68. The summed E-state index contributed by atoms with van der Waals surface area (Å²) >= 11 is 0. The van der Waals surface area contributed by atoms with Crippen molar-refractivity contribution in [1.82, 2.24) is 9.55 Å². The number of imidazole rings is 1. The van der Waals surface area contributed by atoms with Gasteiger partial charge in [0.05, 0.1) is 31.4 Å². The number of hydrogen-bond acceptors (Lipinski definition) is 3. The number of unbranched alkanes of at least 4 members (excludes halogenated alkanes) is 1. The molecule has 1 heterocycles. The average Bonchev–Trinajstić information content (AvgIpc) is 3.26. The lowest BCUT2D eigenvalue weighted by Crippen LogP contribution is -2.02. The Labute approximate surface area is 184 Å².